The van der Waals surface area contributed by atoms with E-state index in [2.05, 4.69) is 4.72 Å². The second-order valence-corrected chi connectivity index (χ2v) is 16.7. The van der Waals surface area contributed by atoms with Crippen LogP contribution in [-0.2, 0) is 24.8 Å². The standard InChI is InChI=1S/C35H46ClN3O9S2/c1-24-21-39(25(2)23-40)35(41)32-20-28(37-49(42,43)30-14-9-27(36)10-15-30)11-18-33(32)48-26(3)8-6-7-19-47-34(24)22-38(4)50(44,45)31-16-12-29(46-5)13-17-31/h9-18,20,24-26,34,37,40H,6-8,19,21-23H2,1-5H3/t24-,25+,26-,34-/m0/s1. The largest absolute Gasteiger partial charge is 0.497 e. The van der Waals surface area contributed by atoms with E-state index in [4.69, 9.17) is 25.8 Å². The molecule has 0 aliphatic carbocycles. The summed E-state index contributed by atoms with van der Waals surface area (Å²) in [5, 5.41) is 10.6. The summed E-state index contributed by atoms with van der Waals surface area (Å²) in [6, 6.07) is 15.7. The maximum atomic E-state index is 14.4. The van der Waals surface area contributed by atoms with Crippen LogP contribution in [-0.4, -0.2) is 95.8 Å². The highest BCUT2D eigenvalue weighted by molar-refractivity contribution is 7.92. The zero-order valence-corrected chi connectivity index (χ0v) is 31.3. The summed E-state index contributed by atoms with van der Waals surface area (Å²) < 4.78 is 74.9. The van der Waals surface area contributed by atoms with Crippen molar-refractivity contribution >= 4 is 43.2 Å². The number of nitrogens with zero attached hydrogens (tertiary/aromatic N) is 2. The van der Waals surface area contributed by atoms with Gasteiger partial charge in [-0.05, 0) is 99.8 Å². The zero-order chi connectivity index (χ0) is 36.6. The van der Waals surface area contributed by atoms with Gasteiger partial charge < -0.3 is 24.2 Å². The van der Waals surface area contributed by atoms with Crippen LogP contribution in [0, 0.1) is 5.92 Å². The second kappa shape index (κ2) is 17.2. The fourth-order valence-corrected chi connectivity index (χ4v) is 7.91. The van der Waals surface area contributed by atoms with Gasteiger partial charge in [0, 0.05) is 43.4 Å². The highest BCUT2D eigenvalue weighted by atomic mass is 35.5. The number of carbonyl (C=O) groups is 1. The third-order valence-corrected chi connectivity index (χ3v) is 12.1. The van der Waals surface area contributed by atoms with Crippen molar-refractivity contribution in [1.29, 1.82) is 0 Å². The monoisotopic (exact) mass is 751 g/mol. The van der Waals surface area contributed by atoms with Crippen LogP contribution in [0.15, 0.2) is 76.5 Å². The van der Waals surface area contributed by atoms with Crippen molar-refractivity contribution in [2.75, 3.05) is 45.2 Å². The molecule has 0 saturated carbocycles. The van der Waals surface area contributed by atoms with E-state index in [1.165, 1.54) is 71.9 Å². The topological polar surface area (TPSA) is 152 Å². The van der Waals surface area contributed by atoms with Crippen molar-refractivity contribution in [2.24, 2.45) is 5.92 Å². The first kappa shape index (κ1) is 39.4. The molecule has 2 N–H and O–H groups in total. The van der Waals surface area contributed by atoms with Crippen LogP contribution in [0.4, 0.5) is 5.69 Å². The first-order valence-electron chi connectivity index (χ1n) is 16.4. The highest BCUT2D eigenvalue weighted by Gasteiger charge is 2.32. The number of likely N-dealkylation sites (N-methyl/N-ethyl adjacent to an activating group) is 1. The zero-order valence-electron chi connectivity index (χ0n) is 28.9. The number of aliphatic hydroxyl groups excluding tert-OH is 1. The van der Waals surface area contributed by atoms with E-state index in [9.17, 15) is 26.7 Å². The number of anilines is 1. The fraction of sp³-hybridized carbons (Fsp3) is 0.457. The molecule has 0 fully saturated rings. The van der Waals surface area contributed by atoms with Gasteiger partial charge in [-0.3, -0.25) is 9.52 Å². The maximum absolute atomic E-state index is 14.4. The summed E-state index contributed by atoms with van der Waals surface area (Å²) in [4.78, 5) is 16.0. The van der Waals surface area contributed by atoms with E-state index in [0.29, 0.717) is 30.2 Å². The molecule has 3 aromatic rings. The molecular formula is C35H46ClN3O9S2. The summed E-state index contributed by atoms with van der Waals surface area (Å²) in [6.45, 7) is 5.57. The van der Waals surface area contributed by atoms with Crippen LogP contribution in [0.2, 0.25) is 5.02 Å². The normalized spacial score (nSPS) is 20.4. The van der Waals surface area contributed by atoms with Crippen molar-refractivity contribution in [3.05, 3.63) is 77.3 Å². The van der Waals surface area contributed by atoms with E-state index in [1.54, 1.807) is 25.1 Å². The SMILES string of the molecule is COc1ccc(S(=O)(=O)N(C)C[C@@H]2OCCCC[C@H](C)Oc3ccc(NS(=O)(=O)c4ccc(Cl)cc4)cc3C(=O)N([C@H](C)CO)C[C@@H]2C)cc1. The Labute approximate surface area is 300 Å². The molecule has 12 nitrogen and oxygen atoms in total. The summed E-state index contributed by atoms with van der Waals surface area (Å²) in [7, 11) is -4.92. The lowest BCUT2D eigenvalue weighted by atomic mass is 10.0. The van der Waals surface area contributed by atoms with Crippen LogP contribution in [0.1, 0.15) is 50.4 Å². The minimum absolute atomic E-state index is 0.00690. The van der Waals surface area contributed by atoms with E-state index in [1.807, 2.05) is 13.8 Å². The first-order valence-corrected chi connectivity index (χ1v) is 19.7. The van der Waals surface area contributed by atoms with Gasteiger partial charge in [0.15, 0.2) is 0 Å². The molecule has 3 aromatic carbocycles. The molecule has 0 saturated heterocycles. The number of carbonyl (C=O) groups excluding carboxylic acids is 1. The van der Waals surface area contributed by atoms with E-state index in [-0.39, 0.29) is 58.5 Å². The average molecular weight is 752 g/mol. The lowest BCUT2D eigenvalue weighted by Gasteiger charge is -2.35. The Morgan fingerprint density at radius 3 is 2.32 bits per heavy atom. The number of halogens is 1. The minimum atomic E-state index is -4.02. The van der Waals surface area contributed by atoms with E-state index < -0.39 is 38.1 Å². The third-order valence-electron chi connectivity index (χ3n) is 8.63. The molecule has 1 aliphatic heterocycles. The van der Waals surface area contributed by atoms with Crippen LogP contribution in [0.3, 0.4) is 0 Å². The highest BCUT2D eigenvalue weighted by Crippen LogP contribution is 2.30. The van der Waals surface area contributed by atoms with Gasteiger partial charge in [0.25, 0.3) is 15.9 Å². The number of hydrogen-bond donors (Lipinski definition) is 2. The molecule has 4 atom stereocenters. The Balaban J connectivity index is 1.66. The van der Waals surface area contributed by atoms with Gasteiger partial charge in [-0.25, -0.2) is 16.8 Å². The Kier molecular flexibility index (Phi) is 13.6. The predicted molar refractivity (Wildman–Crippen MR) is 192 cm³/mol. The minimum Gasteiger partial charge on any atom is -0.497 e. The summed E-state index contributed by atoms with van der Waals surface area (Å²) >= 11 is 5.94. The van der Waals surface area contributed by atoms with Crippen LogP contribution >= 0.6 is 11.6 Å². The molecule has 0 aromatic heterocycles. The number of rotatable bonds is 10. The molecular weight excluding hydrogens is 706 g/mol. The first-order chi connectivity index (χ1) is 23.7. The Morgan fingerprint density at radius 2 is 1.68 bits per heavy atom. The fourth-order valence-electron chi connectivity index (χ4n) is 5.56. The quantitative estimate of drug-likeness (QED) is 0.283. The molecule has 0 spiro atoms. The van der Waals surface area contributed by atoms with Gasteiger partial charge in [-0.15, -0.1) is 0 Å². The van der Waals surface area contributed by atoms with Gasteiger partial charge >= 0.3 is 0 Å². The molecule has 50 heavy (non-hydrogen) atoms. The molecule has 15 heteroatoms. The smallest absolute Gasteiger partial charge is 0.261 e. The van der Waals surface area contributed by atoms with Crippen molar-refractivity contribution in [1.82, 2.24) is 9.21 Å². The van der Waals surface area contributed by atoms with Crippen LogP contribution < -0.4 is 14.2 Å². The predicted octanol–water partition coefficient (Wildman–Crippen LogP) is 5.27. The number of sulfonamides is 2. The van der Waals surface area contributed by atoms with Crippen molar-refractivity contribution < 1.29 is 40.9 Å². The molecule has 274 valence electrons. The summed E-state index contributed by atoms with van der Waals surface area (Å²) in [6.07, 6.45) is 1.19. The Hall–Kier alpha value is -3.40. The van der Waals surface area contributed by atoms with Gasteiger partial charge in [-0.1, -0.05) is 18.5 Å². The number of methoxy groups -OCH3 is 1. The molecule has 0 radical (unpaired) electrons. The Morgan fingerprint density at radius 1 is 1.02 bits per heavy atom. The van der Waals surface area contributed by atoms with Gasteiger partial charge in [0.2, 0.25) is 10.0 Å². The van der Waals surface area contributed by atoms with Gasteiger partial charge in [-0.2, -0.15) is 4.31 Å². The molecule has 1 heterocycles. The summed E-state index contributed by atoms with van der Waals surface area (Å²) in [5.74, 6) is -0.0814. The number of ether oxygens (including phenoxy) is 3. The van der Waals surface area contributed by atoms with Crippen LogP contribution in [0.25, 0.3) is 0 Å². The lowest BCUT2D eigenvalue weighted by molar-refractivity contribution is -0.00833. The number of nitrogens with one attached hydrogen (secondary N) is 1. The lowest BCUT2D eigenvalue weighted by Crippen LogP contribution is -2.48. The number of hydrogen-bond acceptors (Lipinski definition) is 9. The molecule has 1 aliphatic rings. The van der Waals surface area contributed by atoms with Crippen molar-refractivity contribution in [2.45, 2.75) is 68.1 Å². The number of fused-ring (bicyclic) bond motifs is 1. The average Bonchev–Trinajstić information content (AvgIpc) is 3.09. The maximum Gasteiger partial charge on any atom is 0.261 e. The van der Waals surface area contributed by atoms with Crippen LogP contribution in [0.5, 0.6) is 11.5 Å². The molecule has 0 bridgehead atoms. The molecule has 4 rings (SSSR count). The summed E-state index contributed by atoms with van der Waals surface area (Å²) in [5.41, 5.74) is 0.245. The van der Waals surface area contributed by atoms with Gasteiger partial charge in [0.1, 0.15) is 11.5 Å². The third kappa shape index (κ3) is 9.89. The number of benzene rings is 3. The Bertz CT molecular complexity index is 1810. The van der Waals surface area contributed by atoms with Crippen molar-refractivity contribution in [3.63, 3.8) is 0 Å². The van der Waals surface area contributed by atoms with Gasteiger partial charge in [0.05, 0.1) is 47.3 Å². The number of aliphatic hydroxyl groups is 1. The van der Waals surface area contributed by atoms with E-state index >= 15 is 0 Å². The van der Waals surface area contributed by atoms with E-state index in [0.717, 1.165) is 6.42 Å². The van der Waals surface area contributed by atoms with Crippen molar-refractivity contribution in [3.8, 4) is 11.5 Å². The second-order valence-electron chi connectivity index (χ2n) is 12.5. The molecule has 1 amide bonds. The molecule has 0 unspecified atom stereocenters. The number of amides is 1.